The van der Waals surface area contributed by atoms with Crippen molar-refractivity contribution >= 4 is 21.7 Å². The molecular weight excluding hydrogens is 224 g/mol. The molecule has 4 heteroatoms. The summed E-state index contributed by atoms with van der Waals surface area (Å²) in [5.41, 5.74) is 0. The molecule has 0 aromatic carbocycles. The van der Waals surface area contributed by atoms with E-state index in [1.54, 1.807) is 13.0 Å². The Labute approximate surface area is 78.5 Å². The molecule has 0 aliphatic rings. The summed E-state index contributed by atoms with van der Waals surface area (Å²) in [5.74, 6) is -0.196. The van der Waals surface area contributed by atoms with Crippen molar-refractivity contribution in [1.29, 1.82) is 0 Å². The molecule has 1 aromatic rings. The monoisotopic (exact) mass is 232 g/mol. The Hall–Kier alpha value is -0.610. The number of aliphatic hydroxyl groups excluding tert-OH is 1. The van der Waals surface area contributed by atoms with Crippen molar-refractivity contribution in [2.75, 3.05) is 0 Å². The number of ketones is 1. The maximum absolute atomic E-state index is 11.3. The summed E-state index contributed by atoms with van der Waals surface area (Å²) in [6, 6.07) is 1.62. The number of carbonyl (C=O) groups excluding carboxylic acids is 1. The number of Topliss-reactive ketones (excluding diaryl/α,β-unsaturated/α-hetero) is 1. The standard InChI is InChI=1S/C8H9BrO3/c1-2-6(10)7(11)8-5(9)3-4-12-8/h3-4,6,10H,2H2,1H3. The van der Waals surface area contributed by atoms with E-state index in [0.29, 0.717) is 10.9 Å². The Kier molecular flexibility index (Phi) is 3.05. The van der Waals surface area contributed by atoms with Gasteiger partial charge >= 0.3 is 0 Å². The molecule has 0 saturated carbocycles. The van der Waals surface area contributed by atoms with Crippen molar-refractivity contribution in [3.63, 3.8) is 0 Å². The average molecular weight is 233 g/mol. The van der Waals surface area contributed by atoms with Gasteiger partial charge in [-0.1, -0.05) is 6.92 Å². The molecule has 0 aliphatic heterocycles. The predicted octanol–water partition coefficient (Wildman–Crippen LogP) is 2.00. The van der Waals surface area contributed by atoms with Gasteiger partial charge in [0.15, 0.2) is 5.76 Å². The van der Waals surface area contributed by atoms with Crippen molar-refractivity contribution in [1.82, 2.24) is 0 Å². The molecule has 1 N–H and O–H groups in total. The highest BCUT2D eigenvalue weighted by Crippen LogP contribution is 2.19. The third-order valence-electron chi connectivity index (χ3n) is 1.53. The molecule has 0 spiro atoms. The summed E-state index contributed by atoms with van der Waals surface area (Å²) in [6.07, 6.45) is 0.832. The Bertz CT molecular complexity index is 280. The van der Waals surface area contributed by atoms with Crippen LogP contribution in [0, 0.1) is 0 Å². The molecule has 12 heavy (non-hydrogen) atoms. The van der Waals surface area contributed by atoms with E-state index in [0.717, 1.165) is 0 Å². The van der Waals surface area contributed by atoms with E-state index < -0.39 is 6.10 Å². The second kappa shape index (κ2) is 3.87. The fourth-order valence-electron chi connectivity index (χ4n) is 0.806. The van der Waals surface area contributed by atoms with Crippen molar-refractivity contribution < 1.29 is 14.3 Å². The van der Waals surface area contributed by atoms with Gasteiger partial charge in [-0.25, -0.2) is 0 Å². The van der Waals surface area contributed by atoms with Gasteiger partial charge < -0.3 is 9.52 Å². The van der Waals surface area contributed by atoms with Gasteiger partial charge in [0.2, 0.25) is 5.78 Å². The smallest absolute Gasteiger partial charge is 0.227 e. The normalized spacial score (nSPS) is 12.9. The SMILES string of the molecule is CCC(O)C(=O)c1occc1Br. The molecule has 3 nitrogen and oxygen atoms in total. The summed E-state index contributed by atoms with van der Waals surface area (Å²) >= 11 is 3.14. The summed E-state index contributed by atoms with van der Waals surface area (Å²) < 4.78 is 5.48. The minimum Gasteiger partial charge on any atom is -0.460 e. The molecule has 0 saturated heterocycles. The molecule has 1 atom stereocenters. The Balaban J connectivity index is 2.85. The van der Waals surface area contributed by atoms with Gasteiger partial charge in [0.1, 0.15) is 6.10 Å². The molecule has 1 aromatic heterocycles. The van der Waals surface area contributed by atoms with Crippen molar-refractivity contribution in [2.45, 2.75) is 19.4 Å². The number of hydrogen-bond donors (Lipinski definition) is 1. The zero-order valence-electron chi connectivity index (χ0n) is 6.58. The number of carbonyl (C=O) groups is 1. The largest absolute Gasteiger partial charge is 0.460 e. The van der Waals surface area contributed by atoms with E-state index in [9.17, 15) is 9.90 Å². The first-order valence-electron chi connectivity index (χ1n) is 3.62. The van der Waals surface area contributed by atoms with E-state index in [1.807, 2.05) is 0 Å². The lowest BCUT2D eigenvalue weighted by atomic mass is 10.1. The zero-order valence-corrected chi connectivity index (χ0v) is 8.17. The Morgan fingerprint density at radius 2 is 2.50 bits per heavy atom. The first-order valence-corrected chi connectivity index (χ1v) is 4.41. The van der Waals surface area contributed by atoms with E-state index in [-0.39, 0.29) is 11.5 Å². The van der Waals surface area contributed by atoms with Gasteiger partial charge in [0, 0.05) is 0 Å². The molecule has 0 amide bonds. The lowest BCUT2D eigenvalue weighted by Crippen LogP contribution is -2.18. The fourth-order valence-corrected chi connectivity index (χ4v) is 1.20. The Morgan fingerprint density at radius 3 is 2.92 bits per heavy atom. The highest BCUT2D eigenvalue weighted by molar-refractivity contribution is 9.10. The number of aliphatic hydroxyl groups is 1. The summed E-state index contributed by atoms with van der Waals surface area (Å²) in [6.45, 7) is 1.74. The third-order valence-corrected chi connectivity index (χ3v) is 2.15. The maximum atomic E-state index is 11.3. The van der Waals surface area contributed by atoms with E-state index in [4.69, 9.17) is 4.42 Å². The topological polar surface area (TPSA) is 50.4 Å². The van der Waals surface area contributed by atoms with Gasteiger partial charge in [-0.15, -0.1) is 0 Å². The van der Waals surface area contributed by atoms with Crippen molar-refractivity contribution in [2.24, 2.45) is 0 Å². The van der Waals surface area contributed by atoms with Crippen LogP contribution in [0.5, 0.6) is 0 Å². The van der Waals surface area contributed by atoms with Gasteiger partial charge in [0.05, 0.1) is 10.7 Å². The van der Waals surface area contributed by atoms with Crippen LogP contribution in [-0.4, -0.2) is 17.0 Å². The van der Waals surface area contributed by atoms with Gasteiger partial charge in [-0.05, 0) is 28.4 Å². The first-order chi connectivity index (χ1) is 5.66. The van der Waals surface area contributed by atoms with Gasteiger partial charge in [-0.3, -0.25) is 4.79 Å². The highest BCUT2D eigenvalue weighted by atomic mass is 79.9. The Morgan fingerprint density at radius 1 is 1.83 bits per heavy atom. The second-order valence-electron chi connectivity index (χ2n) is 2.39. The van der Waals surface area contributed by atoms with Gasteiger partial charge in [-0.2, -0.15) is 0 Å². The minimum atomic E-state index is -0.965. The van der Waals surface area contributed by atoms with Crippen LogP contribution in [-0.2, 0) is 0 Å². The van der Waals surface area contributed by atoms with Crippen LogP contribution in [0.1, 0.15) is 23.9 Å². The lowest BCUT2D eigenvalue weighted by Gasteiger charge is -2.03. The van der Waals surface area contributed by atoms with Crippen LogP contribution >= 0.6 is 15.9 Å². The molecule has 1 rings (SSSR count). The number of rotatable bonds is 3. The highest BCUT2D eigenvalue weighted by Gasteiger charge is 2.20. The first kappa shape index (κ1) is 9.48. The molecule has 1 heterocycles. The molecule has 0 aliphatic carbocycles. The summed E-state index contributed by atoms with van der Waals surface area (Å²) in [5, 5.41) is 9.19. The van der Waals surface area contributed by atoms with Crippen LogP contribution in [0.3, 0.4) is 0 Å². The maximum Gasteiger partial charge on any atom is 0.227 e. The van der Waals surface area contributed by atoms with Crippen LogP contribution in [0.2, 0.25) is 0 Å². The molecule has 0 fully saturated rings. The molecule has 0 radical (unpaired) electrons. The summed E-state index contributed by atoms with van der Waals surface area (Å²) in [4.78, 5) is 11.3. The van der Waals surface area contributed by atoms with Crippen LogP contribution in [0.25, 0.3) is 0 Å². The van der Waals surface area contributed by atoms with Crippen LogP contribution in [0.15, 0.2) is 21.2 Å². The van der Waals surface area contributed by atoms with Gasteiger partial charge in [0.25, 0.3) is 0 Å². The van der Waals surface area contributed by atoms with Crippen LogP contribution in [0.4, 0.5) is 0 Å². The molecular formula is C8H9BrO3. The lowest BCUT2D eigenvalue weighted by molar-refractivity contribution is 0.0710. The number of hydrogen-bond acceptors (Lipinski definition) is 3. The van der Waals surface area contributed by atoms with E-state index >= 15 is 0 Å². The molecule has 0 bridgehead atoms. The average Bonchev–Trinajstić information content (AvgIpc) is 2.48. The minimum absolute atomic E-state index is 0.185. The summed E-state index contributed by atoms with van der Waals surface area (Å²) in [7, 11) is 0. The zero-order chi connectivity index (χ0) is 9.14. The number of halogens is 1. The predicted molar refractivity (Wildman–Crippen MR) is 47.0 cm³/mol. The van der Waals surface area contributed by atoms with E-state index in [2.05, 4.69) is 15.9 Å². The molecule has 1 unspecified atom stereocenters. The van der Waals surface area contributed by atoms with Crippen LogP contribution < -0.4 is 0 Å². The molecule has 66 valence electrons. The quantitative estimate of drug-likeness (QED) is 0.812. The fraction of sp³-hybridized carbons (Fsp3) is 0.375. The van der Waals surface area contributed by atoms with Crippen molar-refractivity contribution in [3.8, 4) is 0 Å². The third kappa shape index (κ3) is 1.76. The second-order valence-corrected chi connectivity index (χ2v) is 3.24. The van der Waals surface area contributed by atoms with E-state index in [1.165, 1.54) is 6.26 Å². The van der Waals surface area contributed by atoms with Crippen molar-refractivity contribution in [3.05, 3.63) is 22.6 Å². The number of furan rings is 1.